The number of ketones is 1. The Balaban J connectivity index is 2.85. The van der Waals surface area contributed by atoms with Crippen molar-refractivity contribution in [2.24, 2.45) is 0 Å². The molecule has 0 radical (unpaired) electrons. The summed E-state index contributed by atoms with van der Waals surface area (Å²) in [6.45, 7) is 1.79. The molecule has 2 aromatic rings. The number of carbonyl (C=O) groups excluding carboxylic acids is 1. The number of ether oxygens (including phenoxy) is 1. The molecule has 0 aliphatic rings. The van der Waals surface area contributed by atoms with Crippen LogP contribution in [0.25, 0.3) is 10.8 Å². The largest absolute Gasteiger partial charge is 0.494 e. The minimum atomic E-state index is -0.284. The van der Waals surface area contributed by atoms with Gasteiger partial charge in [-0.15, -0.1) is 0 Å². The first-order valence-corrected chi connectivity index (χ1v) is 6.79. The van der Waals surface area contributed by atoms with E-state index >= 15 is 0 Å². The fraction of sp³-hybridized carbons (Fsp3) is 0.214. The highest BCUT2D eigenvalue weighted by atomic mass is 79.9. The number of carbonyl (C=O) groups is 1. The van der Waals surface area contributed by atoms with E-state index in [2.05, 4.69) is 15.9 Å². The van der Waals surface area contributed by atoms with Crippen LogP contribution < -0.4 is 4.74 Å². The fourth-order valence-electron chi connectivity index (χ4n) is 1.94. The van der Waals surface area contributed by atoms with E-state index in [4.69, 9.17) is 16.3 Å². The molecule has 0 spiro atoms. The number of benzene rings is 2. The number of rotatable bonds is 3. The highest BCUT2D eigenvalue weighted by molar-refractivity contribution is 9.10. The molecule has 0 aliphatic carbocycles. The Morgan fingerprint density at radius 3 is 2.67 bits per heavy atom. The molecule has 0 unspecified atom stereocenters. The molecule has 2 nitrogen and oxygen atoms in total. The topological polar surface area (TPSA) is 26.3 Å². The van der Waals surface area contributed by atoms with Crippen LogP contribution in [0.5, 0.6) is 5.75 Å². The van der Waals surface area contributed by atoms with E-state index in [1.54, 1.807) is 6.92 Å². The lowest BCUT2D eigenvalue weighted by atomic mass is 9.99. The van der Waals surface area contributed by atoms with E-state index in [1.165, 1.54) is 7.11 Å². The molecule has 4 heteroatoms. The second kappa shape index (κ2) is 5.29. The molecule has 0 amide bonds. The number of hydrogen-bond acceptors (Lipinski definition) is 2. The van der Waals surface area contributed by atoms with Gasteiger partial charge in [-0.25, -0.2) is 0 Å². The quantitative estimate of drug-likeness (QED) is 0.614. The minimum absolute atomic E-state index is 0.0365. The van der Waals surface area contributed by atoms with Crippen LogP contribution in [0.4, 0.5) is 0 Å². The Morgan fingerprint density at radius 1 is 1.39 bits per heavy atom. The zero-order chi connectivity index (χ0) is 13.3. The van der Waals surface area contributed by atoms with Crippen molar-refractivity contribution >= 4 is 44.1 Å². The normalized spacial score (nSPS) is 12.4. The Kier molecular flexibility index (Phi) is 3.93. The van der Waals surface area contributed by atoms with Crippen molar-refractivity contribution < 1.29 is 9.53 Å². The van der Waals surface area contributed by atoms with Crippen LogP contribution in [-0.2, 0) is 0 Å². The summed E-state index contributed by atoms with van der Waals surface area (Å²) < 4.78 is 5.28. The Morgan fingerprint density at radius 2 is 2.06 bits per heavy atom. The summed E-state index contributed by atoms with van der Waals surface area (Å²) in [6.07, 6.45) is 0. The first kappa shape index (κ1) is 13.4. The molecule has 94 valence electrons. The molecule has 0 aromatic heterocycles. The third-order valence-electron chi connectivity index (χ3n) is 2.77. The van der Waals surface area contributed by atoms with Crippen molar-refractivity contribution in [1.82, 2.24) is 0 Å². The first-order valence-electron chi connectivity index (χ1n) is 5.49. The summed E-state index contributed by atoms with van der Waals surface area (Å²) in [5.41, 5.74) is 0.532. The molecule has 1 atom stereocenters. The Labute approximate surface area is 119 Å². The smallest absolute Gasteiger partial charge is 0.180 e. The average Bonchev–Trinajstić information content (AvgIpc) is 2.36. The standard InChI is InChI=1S/C14H12BrClO2/c1-8(15)13(17)12-10-6-4-3-5-9(10)7-11(16)14(12)18-2/h3-8H,1-2H3/t8-/m0/s1. The Hall–Kier alpha value is -1.06. The molecule has 0 saturated heterocycles. The minimum Gasteiger partial charge on any atom is -0.494 e. The van der Waals surface area contributed by atoms with Gasteiger partial charge in [-0.05, 0) is 23.8 Å². The Bertz CT molecular complexity index is 608. The van der Waals surface area contributed by atoms with E-state index < -0.39 is 0 Å². The fourth-order valence-corrected chi connectivity index (χ4v) is 2.46. The number of methoxy groups -OCH3 is 1. The summed E-state index contributed by atoms with van der Waals surface area (Å²) in [5, 5.41) is 2.24. The van der Waals surface area contributed by atoms with E-state index in [0.29, 0.717) is 16.3 Å². The van der Waals surface area contributed by atoms with Crippen molar-refractivity contribution in [3.8, 4) is 5.75 Å². The monoisotopic (exact) mass is 326 g/mol. The number of halogens is 2. The van der Waals surface area contributed by atoms with Crippen molar-refractivity contribution in [1.29, 1.82) is 0 Å². The molecule has 18 heavy (non-hydrogen) atoms. The molecule has 0 fully saturated rings. The highest BCUT2D eigenvalue weighted by Crippen LogP contribution is 2.36. The van der Waals surface area contributed by atoms with Crippen molar-refractivity contribution in [3.05, 3.63) is 40.9 Å². The lowest BCUT2D eigenvalue weighted by Gasteiger charge is -2.14. The van der Waals surface area contributed by atoms with Crippen LogP contribution in [-0.4, -0.2) is 17.7 Å². The molecule has 0 bridgehead atoms. The van der Waals surface area contributed by atoms with Crippen LogP contribution in [0.15, 0.2) is 30.3 Å². The van der Waals surface area contributed by atoms with E-state index in [0.717, 1.165) is 10.8 Å². The van der Waals surface area contributed by atoms with Gasteiger partial charge >= 0.3 is 0 Å². The maximum absolute atomic E-state index is 12.3. The molecular weight excluding hydrogens is 316 g/mol. The average molecular weight is 328 g/mol. The summed E-state index contributed by atoms with van der Waals surface area (Å²) in [5.74, 6) is 0.400. The summed E-state index contributed by atoms with van der Waals surface area (Å²) in [4.78, 5) is 12.0. The van der Waals surface area contributed by atoms with Gasteiger partial charge in [0.2, 0.25) is 0 Å². The van der Waals surface area contributed by atoms with E-state index in [1.807, 2.05) is 30.3 Å². The maximum Gasteiger partial charge on any atom is 0.180 e. The lowest BCUT2D eigenvalue weighted by Crippen LogP contribution is -2.12. The van der Waals surface area contributed by atoms with Crippen LogP contribution in [0, 0.1) is 0 Å². The zero-order valence-corrected chi connectivity index (χ0v) is 12.4. The van der Waals surface area contributed by atoms with Crippen LogP contribution >= 0.6 is 27.5 Å². The van der Waals surface area contributed by atoms with Crippen molar-refractivity contribution in [2.45, 2.75) is 11.8 Å². The first-order chi connectivity index (χ1) is 8.56. The molecular formula is C14H12BrClO2. The van der Waals surface area contributed by atoms with Crippen LogP contribution in [0.3, 0.4) is 0 Å². The number of fused-ring (bicyclic) bond motifs is 1. The van der Waals surface area contributed by atoms with E-state index in [9.17, 15) is 4.79 Å². The SMILES string of the molecule is COc1c(Cl)cc2ccccc2c1C(=O)[C@H](C)Br. The summed E-state index contributed by atoms with van der Waals surface area (Å²) in [7, 11) is 1.52. The molecule has 2 rings (SSSR count). The number of hydrogen-bond donors (Lipinski definition) is 0. The molecule has 0 saturated carbocycles. The van der Waals surface area contributed by atoms with Gasteiger partial charge in [0.25, 0.3) is 0 Å². The number of alkyl halides is 1. The highest BCUT2D eigenvalue weighted by Gasteiger charge is 2.22. The van der Waals surface area contributed by atoms with Crippen LogP contribution in [0.2, 0.25) is 5.02 Å². The zero-order valence-electron chi connectivity index (χ0n) is 10.0. The predicted octanol–water partition coefficient (Wildman–Crippen LogP) is 4.47. The molecule has 0 aliphatic heterocycles. The maximum atomic E-state index is 12.3. The summed E-state index contributed by atoms with van der Waals surface area (Å²) >= 11 is 9.47. The van der Waals surface area contributed by atoms with Gasteiger partial charge in [0, 0.05) is 0 Å². The molecule has 0 N–H and O–H groups in total. The molecule has 2 aromatic carbocycles. The second-order valence-corrected chi connectivity index (χ2v) is 5.75. The van der Waals surface area contributed by atoms with Gasteiger partial charge in [-0.1, -0.05) is 51.8 Å². The van der Waals surface area contributed by atoms with Crippen molar-refractivity contribution in [3.63, 3.8) is 0 Å². The van der Waals surface area contributed by atoms with Gasteiger partial charge in [-0.2, -0.15) is 0 Å². The van der Waals surface area contributed by atoms with Crippen LogP contribution in [0.1, 0.15) is 17.3 Å². The van der Waals surface area contributed by atoms with Gasteiger partial charge in [0.05, 0.1) is 22.5 Å². The van der Waals surface area contributed by atoms with Gasteiger partial charge in [0.1, 0.15) is 5.75 Å². The van der Waals surface area contributed by atoms with E-state index in [-0.39, 0.29) is 10.6 Å². The van der Waals surface area contributed by atoms with Gasteiger partial charge in [0.15, 0.2) is 5.78 Å². The second-order valence-electron chi connectivity index (χ2n) is 3.97. The number of Topliss-reactive ketones (excluding diaryl/α,β-unsaturated/α-hetero) is 1. The third-order valence-corrected chi connectivity index (χ3v) is 3.46. The molecule has 0 heterocycles. The van der Waals surface area contributed by atoms with Crippen molar-refractivity contribution in [2.75, 3.05) is 7.11 Å². The predicted molar refractivity (Wildman–Crippen MR) is 78.2 cm³/mol. The lowest BCUT2D eigenvalue weighted by molar-refractivity contribution is 0.0994. The van der Waals surface area contributed by atoms with Gasteiger partial charge < -0.3 is 4.74 Å². The summed E-state index contributed by atoms with van der Waals surface area (Å²) in [6, 6.07) is 9.45. The third kappa shape index (κ3) is 2.25. The van der Waals surface area contributed by atoms with Gasteiger partial charge in [-0.3, -0.25) is 4.79 Å².